The van der Waals surface area contributed by atoms with Gasteiger partial charge in [0.2, 0.25) is 0 Å². The molecule has 0 heterocycles. The Labute approximate surface area is 41.8 Å². The highest BCUT2D eigenvalue weighted by molar-refractivity contribution is 5.85. The van der Waals surface area contributed by atoms with Crippen LogP contribution >= 0.6 is 0 Å². The Balaban J connectivity index is 3.86. The molecule has 0 rings (SSSR count). The van der Waals surface area contributed by atoms with Crippen LogP contribution in [0.5, 0.6) is 0 Å². The van der Waals surface area contributed by atoms with E-state index in [2.05, 4.69) is 0 Å². The predicted octanol–water partition coefficient (Wildman–Crippen LogP) is 0.353. The monoisotopic (exact) mass is 98.0 g/mol. The van der Waals surface area contributed by atoms with Gasteiger partial charge in [-0.1, -0.05) is 6.92 Å². The van der Waals surface area contributed by atoms with Gasteiger partial charge in [-0.3, -0.25) is 4.79 Å². The minimum Gasteiger partial charge on any atom is -0.297 e. The summed E-state index contributed by atoms with van der Waals surface area (Å²) in [5, 5.41) is 0. The average Bonchev–Trinajstić information content (AvgIpc) is 1.72. The van der Waals surface area contributed by atoms with Gasteiger partial charge < -0.3 is 0 Å². The summed E-state index contributed by atoms with van der Waals surface area (Å²) in [6.45, 7) is 1.73. The van der Waals surface area contributed by atoms with Gasteiger partial charge in [-0.2, -0.15) is 0 Å². The van der Waals surface area contributed by atoms with Crippen LogP contribution in [-0.4, -0.2) is 12.2 Å². The van der Waals surface area contributed by atoms with Crippen molar-refractivity contribution in [3.8, 4) is 0 Å². The zero-order valence-electron chi connectivity index (χ0n) is 4.10. The first-order valence-electron chi connectivity index (χ1n) is 2.04. The summed E-state index contributed by atoms with van der Waals surface area (Å²) in [7, 11) is 0. The van der Waals surface area contributed by atoms with E-state index in [9.17, 15) is 9.59 Å². The maximum absolute atomic E-state index is 9.67. The molecule has 0 unspecified atom stereocenters. The molecule has 0 amide bonds. The van der Waals surface area contributed by atoms with E-state index in [4.69, 9.17) is 0 Å². The van der Waals surface area contributed by atoms with Gasteiger partial charge in [0.05, 0.1) is 5.57 Å². The van der Waals surface area contributed by atoms with Gasteiger partial charge in [0.1, 0.15) is 5.94 Å². The van der Waals surface area contributed by atoms with Crippen molar-refractivity contribution in [2.75, 3.05) is 0 Å². The van der Waals surface area contributed by atoms with E-state index in [-0.39, 0.29) is 5.57 Å². The molecule has 0 radical (unpaired) electrons. The molecule has 0 saturated heterocycles. The minimum atomic E-state index is 0.194. The van der Waals surface area contributed by atoms with Crippen molar-refractivity contribution >= 4 is 12.2 Å². The minimum absolute atomic E-state index is 0.194. The molecule has 0 aliphatic carbocycles. The lowest BCUT2D eigenvalue weighted by Gasteiger charge is -1.75. The molecular weight excluding hydrogens is 92.1 g/mol. The molecule has 0 aromatic heterocycles. The Kier molecular flexibility index (Phi) is 2.90. The maximum atomic E-state index is 9.67. The van der Waals surface area contributed by atoms with Crippen LogP contribution in [-0.2, 0) is 9.59 Å². The first-order valence-corrected chi connectivity index (χ1v) is 2.04. The molecule has 0 atom stereocenters. The molecule has 0 aromatic rings. The number of hydrogen-bond donors (Lipinski definition) is 0. The lowest BCUT2D eigenvalue weighted by Crippen LogP contribution is -1.79. The SMILES string of the molecule is CCC(=C=O)C=O. The average molecular weight is 98.1 g/mol. The summed E-state index contributed by atoms with van der Waals surface area (Å²) in [5.74, 6) is 1.50. The van der Waals surface area contributed by atoms with E-state index in [0.29, 0.717) is 12.7 Å². The Morgan fingerprint density at radius 3 is 2.43 bits per heavy atom. The number of aldehydes is 1. The van der Waals surface area contributed by atoms with Gasteiger partial charge in [0.15, 0.2) is 6.29 Å². The van der Waals surface area contributed by atoms with Crippen molar-refractivity contribution in [3.05, 3.63) is 5.57 Å². The summed E-state index contributed by atoms with van der Waals surface area (Å²) >= 11 is 0. The van der Waals surface area contributed by atoms with E-state index < -0.39 is 0 Å². The van der Waals surface area contributed by atoms with Crippen molar-refractivity contribution < 1.29 is 9.59 Å². The fourth-order valence-electron chi connectivity index (χ4n) is 0.180. The normalized spacial score (nSPS) is 7.00. The van der Waals surface area contributed by atoms with Gasteiger partial charge in [-0.25, -0.2) is 4.79 Å². The molecule has 0 fully saturated rings. The molecule has 0 aliphatic heterocycles. The van der Waals surface area contributed by atoms with E-state index in [1.54, 1.807) is 6.92 Å². The van der Waals surface area contributed by atoms with Crippen LogP contribution in [0, 0.1) is 0 Å². The standard InChI is InChI=1S/C5H6O2/c1-2-5(3-6)4-7/h3H,2H2,1H3. The zero-order valence-corrected chi connectivity index (χ0v) is 4.10. The second kappa shape index (κ2) is 3.32. The number of carbonyl (C=O) groups excluding carboxylic acids is 2. The molecule has 0 spiro atoms. The third-order valence-electron chi connectivity index (χ3n) is 0.654. The maximum Gasteiger partial charge on any atom is 0.156 e. The third-order valence-corrected chi connectivity index (χ3v) is 0.654. The fourth-order valence-corrected chi connectivity index (χ4v) is 0.180. The van der Waals surface area contributed by atoms with Crippen LogP contribution in [0.2, 0.25) is 0 Å². The molecular formula is C5H6O2. The molecule has 0 saturated carbocycles. The number of hydrogen-bond acceptors (Lipinski definition) is 2. The highest BCUT2D eigenvalue weighted by Gasteiger charge is 1.85. The van der Waals surface area contributed by atoms with E-state index >= 15 is 0 Å². The van der Waals surface area contributed by atoms with E-state index in [1.165, 1.54) is 5.94 Å². The summed E-state index contributed by atoms with van der Waals surface area (Å²) in [5.41, 5.74) is 0.194. The second-order valence-electron chi connectivity index (χ2n) is 1.10. The number of allylic oxidation sites excluding steroid dienone is 1. The molecule has 2 nitrogen and oxygen atoms in total. The van der Waals surface area contributed by atoms with Gasteiger partial charge in [0.25, 0.3) is 0 Å². The Bertz CT molecular complexity index is 109. The van der Waals surface area contributed by atoms with Crippen molar-refractivity contribution in [3.63, 3.8) is 0 Å². The van der Waals surface area contributed by atoms with Crippen LogP contribution in [0.3, 0.4) is 0 Å². The highest BCUT2D eigenvalue weighted by atomic mass is 16.1. The third kappa shape index (κ3) is 1.90. The molecule has 7 heavy (non-hydrogen) atoms. The first-order chi connectivity index (χ1) is 3.35. The van der Waals surface area contributed by atoms with Crippen LogP contribution < -0.4 is 0 Å². The van der Waals surface area contributed by atoms with Crippen LogP contribution in [0.15, 0.2) is 5.57 Å². The lowest BCUT2D eigenvalue weighted by molar-refractivity contribution is -0.104. The molecule has 0 aliphatic rings. The molecule has 38 valence electrons. The molecule has 2 heteroatoms. The van der Waals surface area contributed by atoms with Crippen molar-refractivity contribution in [2.24, 2.45) is 0 Å². The fraction of sp³-hybridized carbons (Fsp3) is 0.400. The molecule has 0 bridgehead atoms. The smallest absolute Gasteiger partial charge is 0.156 e. The molecule has 0 aromatic carbocycles. The van der Waals surface area contributed by atoms with E-state index in [0.717, 1.165) is 0 Å². The summed E-state index contributed by atoms with van der Waals surface area (Å²) < 4.78 is 0. The van der Waals surface area contributed by atoms with Crippen molar-refractivity contribution in [1.29, 1.82) is 0 Å². The highest BCUT2D eigenvalue weighted by Crippen LogP contribution is 1.85. The van der Waals surface area contributed by atoms with Crippen LogP contribution in [0.1, 0.15) is 13.3 Å². The van der Waals surface area contributed by atoms with Gasteiger partial charge in [0, 0.05) is 0 Å². The van der Waals surface area contributed by atoms with Crippen LogP contribution in [0.25, 0.3) is 0 Å². The van der Waals surface area contributed by atoms with Crippen LogP contribution in [0.4, 0.5) is 0 Å². The Hall–Kier alpha value is -0.880. The second-order valence-corrected chi connectivity index (χ2v) is 1.10. The summed E-state index contributed by atoms with van der Waals surface area (Å²) in [6.07, 6.45) is 1.000. The summed E-state index contributed by atoms with van der Waals surface area (Å²) in [6, 6.07) is 0. The predicted molar refractivity (Wildman–Crippen MR) is 25.6 cm³/mol. The van der Waals surface area contributed by atoms with E-state index in [1.807, 2.05) is 0 Å². The van der Waals surface area contributed by atoms with Gasteiger partial charge >= 0.3 is 0 Å². The number of carbonyl (C=O) groups is 1. The quantitative estimate of drug-likeness (QED) is 0.284. The zero-order chi connectivity index (χ0) is 5.70. The topological polar surface area (TPSA) is 34.1 Å². The summed E-state index contributed by atoms with van der Waals surface area (Å²) in [4.78, 5) is 19.2. The largest absolute Gasteiger partial charge is 0.297 e. The Morgan fingerprint density at radius 1 is 1.86 bits per heavy atom. The van der Waals surface area contributed by atoms with Crippen molar-refractivity contribution in [2.45, 2.75) is 13.3 Å². The molecule has 0 N–H and O–H groups in total. The lowest BCUT2D eigenvalue weighted by atomic mass is 10.3. The first kappa shape index (κ1) is 6.12. The number of rotatable bonds is 2. The Morgan fingerprint density at radius 2 is 2.43 bits per heavy atom. The van der Waals surface area contributed by atoms with Gasteiger partial charge in [-0.05, 0) is 6.42 Å². The van der Waals surface area contributed by atoms with Gasteiger partial charge in [-0.15, -0.1) is 0 Å². The van der Waals surface area contributed by atoms with Crippen molar-refractivity contribution in [1.82, 2.24) is 0 Å².